The van der Waals surface area contributed by atoms with Crippen LogP contribution in [0.5, 0.6) is 0 Å². The standard InChI is InChI=1S/C9H14N4/c1-2-3-6-10-9-11-8(12-13-9)7-4-5-7/h3,6-7H,2,4-5H2,1H3,(H2,10,11,12,13)/b6-3+. The molecular formula is C9H14N4. The van der Waals surface area contributed by atoms with E-state index in [4.69, 9.17) is 0 Å². The molecule has 0 aliphatic heterocycles. The van der Waals surface area contributed by atoms with Crippen LogP contribution in [0, 0.1) is 0 Å². The molecule has 4 heteroatoms. The molecule has 13 heavy (non-hydrogen) atoms. The largest absolute Gasteiger partial charge is 0.330 e. The first-order valence-corrected chi connectivity index (χ1v) is 4.74. The quantitative estimate of drug-likeness (QED) is 0.741. The summed E-state index contributed by atoms with van der Waals surface area (Å²) in [5.41, 5.74) is 0. The van der Waals surface area contributed by atoms with Gasteiger partial charge in [0.25, 0.3) is 0 Å². The van der Waals surface area contributed by atoms with Crippen molar-refractivity contribution < 1.29 is 0 Å². The van der Waals surface area contributed by atoms with Gasteiger partial charge in [-0.3, -0.25) is 5.10 Å². The number of hydrogen-bond acceptors (Lipinski definition) is 3. The molecule has 0 spiro atoms. The third kappa shape index (κ3) is 2.08. The van der Waals surface area contributed by atoms with Crippen molar-refractivity contribution >= 4 is 5.95 Å². The fourth-order valence-corrected chi connectivity index (χ4v) is 1.13. The van der Waals surface area contributed by atoms with Gasteiger partial charge in [0.1, 0.15) is 5.82 Å². The van der Waals surface area contributed by atoms with E-state index in [0.29, 0.717) is 11.9 Å². The molecule has 1 heterocycles. The zero-order chi connectivity index (χ0) is 9.10. The van der Waals surface area contributed by atoms with Crippen molar-refractivity contribution in [2.45, 2.75) is 32.1 Å². The number of aromatic nitrogens is 3. The van der Waals surface area contributed by atoms with Crippen LogP contribution in [-0.4, -0.2) is 15.2 Å². The third-order valence-electron chi connectivity index (χ3n) is 2.03. The average molecular weight is 178 g/mol. The highest BCUT2D eigenvalue weighted by molar-refractivity contribution is 5.28. The summed E-state index contributed by atoms with van der Waals surface area (Å²) in [4.78, 5) is 4.32. The summed E-state index contributed by atoms with van der Waals surface area (Å²) < 4.78 is 0. The van der Waals surface area contributed by atoms with Crippen LogP contribution in [0.25, 0.3) is 0 Å². The Hall–Kier alpha value is -1.32. The van der Waals surface area contributed by atoms with Crippen LogP contribution >= 0.6 is 0 Å². The SMILES string of the molecule is CC/C=C/Nc1n[nH]c(C2CC2)n1. The summed E-state index contributed by atoms with van der Waals surface area (Å²) in [5.74, 6) is 2.33. The molecule has 1 aliphatic rings. The summed E-state index contributed by atoms with van der Waals surface area (Å²) >= 11 is 0. The second-order valence-electron chi connectivity index (χ2n) is 3.27. The van der Waals surface area contributed by atoms with Crippen molar-refractivity contribution in [1.82, 2.24) is 15.2 Å². The summed E-state index contributed by atoms with van der Waals surface area (Å²) in [5, 5.41) is 10.0. The topological polar surface area (TPSA) is 53.6 Å². The highest BCUT2D eigenvalue weighted by Crippen LogP contribution is 2.37. The van der Waals surface area contributed by atoms with Crippen molar-refractivity contribution in [3.63, 3.8) is 0 Å². The lowest BCUT2D eigenvalue weighted by atomic mass is 10.4. The van der Waals surface area contributed by atoms with Gasteiger partial charge in [0.05, 0.1) is 0 Å². The molecule has 1 aromatic heterocycles. The van der Waals surface area contributed by atoms with E-state index in [0.717, 1.165) is 12.2 Å². The molecule has 70 valence electrons. The van der Waals surface area contributed by atoms with Crippen LogP contribution < -0.4 is 5.32 Å². The highest BCUT2D eigenvalue weighted by Gasteiger charge is 2.26. The number of nitrogens with zero attached hydrogens (tertiary/aromatic N) is 2. The molecule has 1 aliphatic carbocycles. The first-order valence-electron chi connectivity index (χ1n) is 4.74. The highest BCUT2D eigenvalue weighted by atomic mass is 15.3. The van der Waals surface area contributed by atoms with E-state index in [1.807, 2.05) is 12.3 Å². The lowest BCUT2D eigenvalue weighted by Gasteiger charge is -1.89. The molecule has 4 nitrogen and oxygen atoms in total. The van der Waals surface area contributed by atoms with Crippen LogP contribution in [0.3, 0.4) is 0 Å². The van der Waals surface area contributed by atoms with Crippen molar-refractivity contribution in [1.29, 1.82) is 0 Å². The molecular weight excluding hydrogens is 164 g/mol. The Morgan fingerprint density at radius 1 is 1.62 bits per heavy atom. The monoisotopic (exact) mass is 178 g/mol. The van der Waals surface area contributed by atoms with Gasteiger partial charge in [-0.15, -0.1) is 5.10 Å². The predicted molar refractivity (Wildman–Crippen MR) is 51.4 cm³/mol. The molecule has 1 aromatic rings. The minimum Gasteiger partial charge on any atom is -0.330 e. The fourth-order valence-electron chi connectivity index (χ4n) is 1.13. The van der Waals surface area contributed by atoms with Gasteiger partial charge in [-0.1, -0.05) is 13.0 Å². The zero-order valence-corrected chi connectivity index (χ0v) is 7.75. The molecule has 2 N–H and O–H groups in total. The molecule has 0 aromatic carbocycles. The molecule has 0 atom stereocenters. The second-order valence-corrected chi connectivity index (χ2v) is 3.27. The van der Waals surface area contributed by atoms with Crippen molar-refractivity contribution in [2.24, 2.45) is 0 Å². The van der Waals surface area contributed by atoms with Crippen LogP contribution in [0.2, 0.25) is 0 Å². The molecule has 0 unspecified atom stereocenters. The Labute approximate surface area is 77.5 Å². The number of hydrogen-bond donors (Lipinski definition) is 2. The Kier molecular flexibility index (Phi) is 2.29. The molecule has 1 saturated carbocycles. The maximum Gasteiger partial charge on any atom is 0.246 e. The molecule has 0 amide bonds. The van der Waals surface area contributed by atoms with Crippen LogP contribution in [0.4, 0.5) is 5.95 Å². The summed E-state index contributed by atoms with van der Waals surface area (Å²) in [6, 6.07) is 0. The molecule has 0 bridgehead atoms. The number of nitrogens with one attached hydrogen (secondary N) is 2. The molecule has 1 fully saturated rings. The van der Waals surface area contributed by atoms with Crippen molar-refractivity contribution in [3.05, 3.63) is 18.1 Å². The first kappa shape index (κ1) is 8.29. The lowest BCUT2D eigenvalue weighted by Crippen LogP contribution is -1.89. The minimum atomic E-state index is 0.637. The Morgan fingerprint density at radius 3 is 3.15 bits per heavy atom. The molecule has 2 rings (SSSR count). The van der Waals surface area contributed by atoms with E-state index in [1.54, 1.807) is 0 Å². The van der Waals surface area contributed by atoms with Gasteiger partial charge >= 0.3 is 0 Å². The normalized spacial score (nSPS) is 16.7. The van der Waals surface area contributed by atoms with Gasteiger partial charge in [0.2, 0.25) is 5.95 Å². The second kappa shape index (κ2) is 3.60. The van der Waals surface area contributed by atoms with Crippen molar-refractivity contribution in [3.8, 4) is 0 Å². The Balaban J connectivity index is 1.92. The summed E-state index contributed by atoms with van der Waals surface area (Å²) in [7, 11) is 0. The van der Waals surface area contributed by atoms with E-state index in [1.165, 1.54) is 12.8 Å². The van der Waals surface area contributed by atoms with Gasteiger partial charge in [-0.05, 0) is 25.5 Å². The van der Waals surface area contributed by atoms with E-state index in [-0.39, 0.29) is 0 Å². The van der Waals surface area contributed by atoms with Gasteiger partial charge < -0.3 is 5.32 Å². The first-order chi connectivity index (χ1) is 6.40. The van der Waals surface area contributed by atoms with E-state index < -0.39 is 0 Å². The maximum atomic E-state index is 4.32. The number of rotatable bonds is 4. The smallest absolute Gasteiger partial charge is 0.246 e. The van der Waals surface area contributed by atoms with E-state index >= 15 is 0 Å². The van der Waals surface area contributed by atoms with Gasteiger partial charge in [-0.2, -0.15) is 4.98 Å². The number of H-pyrrole nitrogens is 1. The number of anilines is 1. The fraction of sp³-hybridized carbons (Fsp3) is 0.556. The van der Waals surface area contributed by atoms with Gasteiger partial charge in [-0.25, -0.2) is 0 Å². The third-order valence-corrected chi connectivity index (χ3v) is 2.03. The predicted octanol–water partition coefficient (Wildman–Crippen LogP) is 2.02. The lowest BCUT2D eigenvalue weighted by molar-refractivity contribution is 0.935. The number of aromatic amines is 1. The molecule has 0 saturated heterocycles. The average Bonchev–Trinajstić information content (AvgIpc) is 2.88. The zero-order valence-electron chi connectivity index (χ0n) is 7.75. The summed E-state index contributed by atoms with van der Waals surface area (Å²) in [6.07, 6.45) is 7.43. The minimum absolute atomic E-state index is 0.637. The summed E-state index contributed by atoms with van der Waals surface area (Å²) in [6.45, 7) is 2.09. The Morgan fingerprint density at radius 2 is 2.46 bits per heavy atom. The van der Waals surface area contributed by atoms with E-state index in [2.05, 4.69) is 27.4 Å². The van der Waals surface area contributed by atoms with Crippen molar-refractivity contribution in [2.75, 3.05) is 5.32 Å². The maximum absolute atomic E-state index is 4.32. The van der Waals surface area contributed by atoms with Crippen LogP contribution in [0.15, 0.2) is 12.3 Å². The van der Waals surface area contributed by atoms with Gasteiger partial charge in [0.15, 0.2) is 0 Å². The van der Waals surface area contributed by atoms with E-state index in [9.17, 15) is 0 Å². The van der Waals surface area contributed by atoms with Gasteiger partial charge in [0, 0.05) is 5.92 Å². The number of allylic oxidation sites excluding steroid dienone is 1. The molecule has 0 radical (unpaired) electrons. The van der Waals surface area contributed by atoms with Crippen LogP contribution in [-0.2, 0) is 0 Å². The Bertz CT molecular complexity index is 298. The van der Waals surface area contributed by atoms with Crippen LogP contribution in [0.1, 0.15) is 37.9 Å².